The topological polar surface area (TPSA) is 167 Å². The van der Waals surface area contributed by atoms with Crippen LogP contribution >= 0.6 is 0 Å². The van der Waals surface area contributed by atoms with Crippen molar-refractivity contribution in [2.45, 2.75) is 19.3 Å². The van der Waals surface area contributed by atoms with Crippen molar-refractivity contribution in [3.8, 4) is 0 Å². The van der Waals surface area contributed by atoms with Crippen LogP contribution in [0.2, 0.25) is 0 Å². The summed E-state index contributed by atoms with van der Waals surface area (Å²) in [6, 6.07) is 8.82. The number of carbonyl (C=O) groups excluding carboxylic acids is 2. The summed E-state index contributed by atoms with van der Waals surface area (Å²) in [4.78, 5) is 33.5. The number of rotatable bonds is 32. The van der Waals surface area contributed by atoms with Gasteiger partial charge in [0, 0.05) is 19.6 Å². The molecule has 0 radical (unpaired) electrons. The molecule has 2 N–H and O–H groups in total. The van der Waals surface area contributed by atoms with Crippen LogP contribution < -0.4 is 5.32 Å². The van der Waals surface area contributed by atoms with Crippen LogP contribution in [0.3, 0.4) is 0 Å². The highest BCUT2D eigenvalue weighted by Gasteiger charge is 2.05. The van der Waals surface area contributed by atoms with Crippen molar-refractivity contribution in [2.75, 3.05) is 119 Å². The second-order valence-corrected chi connectivity index (χ2v) is 9.00. The quantitative estimate of drug-likeness (QED) is 0.0865. The predicted molar refractivity (Wildman–Crippen MR) is 158 cm³/mol. The first kappa shape index (κ1) is 39.3. The molecule has 0 bridgehead atoms. The van der Waals surface area contributed by atoms with Crippen LogP contribution in [0.4, 0.5) is 0 Å². The maximum absolute atomic E-state index is 11.8. The fourth-order valence-electron chi connectivity index (χ4n) is 3.20. The minimum absolute atomic E-state index is 0.0128. The van der Waals surface area contributed by atoms with E-state index >= 15 is 0 Å². The SMILES string of the molecule is O=C(O)CCC(=O)NCCCOCCOCCOCCOCCOCCOCCOCCOCCOC(=O)c1ccccc1. The Morgan fingerprint density at radius 1 is 0.523 bits per heavy atom. The van der Waals surface area contributed by atoms with Crippen molar-refractivity contribution in [3.63, 3.8) is 0 Å². The van der Waals surface area contributed by atoms with Gasteiger partial charge in [-0.05, 0) is 18.6 Å². The lowest BCUT2D eigenvalue weighted by Crippen LogP contribution is -2.25. The third-order valence-electron chi connectivity index (χ3n) is 5.43. The molecule has 0 saturated carbocycles. The molecule has 0 unspecified atom stereocenters. The Hall–Kier alpha value is -2.69. The van der Waals surface area contributed by atoms with Crippen LogP contribution in [0, 0.1) is 0 Å². The van der Waals surface area contributed by atoms with Gasteiger partial charge >= 0.3 is 11.9 Å². The summed E-state index contributed by atoms with van der Waals surface area (Å²) in [5.74, 6) is -1.62. The molecule has 0 saturated heterocycles. The Bertz CT molecular complexity index is 828. The van der Waals surface area contributed by atoms with Crippen molar-refractivity contribution >= 4 is 17.8 Å². The number of benzene rings is 1. The summed E-state index contributed by atoms with van der Waals surface area (Å²) in [5.41, 5.74) is 0.518. The van der Waals surface area contributed by atoms with E-state index in [9.17, 15) is 14.4 Å². The zero-order valence-electron chi connectivity index (χ0n) is 25.6. The fraction of sp³-hybridized carbons (Fsp3) is 0.700. The van der Waals surface area contributed by atoms with E-state index in [1.165, 1.54) is 0 Å². The Labute approximate surface area is 259 Å². The minimum atomic E-state index is -0.985. The number of amides is 1. The van der Waals surface area contributed by atoms with Crippen LogP contribution in [0.1, 0.15) is 29.6 Å². The average molecular weight is 632 g/mol. The Morgan fingerprint density at radius 3 is 1.32 bits per heavy atom. The van der Waals surface area contributed by atoms with Crippen molar-refractivity contribution in [1.29, 1.82) is 0 Å². The van der Waals surface area contributed by atoms with Crippen LogP contribution in [0.15, 0.2) is 30.3 Å². The van der Waals surface area contributed by atoms with E-state index in [1.54, 1.807) is 24.3 Å². The van der Waals surface area contributed by atoms with E-state index in [1.807, 2.05) is 6.07 Å². The van der Waals surface area contributed by atoms with Gasteiger partial charge in [-0.2, -0.15) is 0 Å². The van der Waals surface area contributed by atoms with E-state index in [2.05, 4.69) is 5.32 Å². The lowest BCUT2D eigenvalue weighted by atomic mass is 10.2. The second-order valence-electron chi connectivity index (χ2n) is 9.00. The first-order chi connectivity index (χ1) is 21.6. The Kier molecular flexibility index (Phi) is 27.1. The number of esters is 1. The molecule has 0 aliphatic carbocycles. The number of hydrogen-bond donors (Lipinski definition) is 2. The summed E-state index contributed by atoms with van der Waals surface area (Å²) in [6.45, 7) is 7.82. The van der Waals surface area contributed by atoms with Crippen molar-refractivity contribution in [2.24, 2.45) is 0 Å². The molecule has 0 aliphatic heterocycles. The van der Waals surface area contributed by atoms with Gasteiger partial charge in [-0.1, -0.05) is 18.2 Å². The van der Waals surface area contributed by atoms with Crippen LogP contribution in [0.5, 0.6) is 0 Å². The minimum Gasteiger partial charge on any atom is -0.481 e. The molecular weight excluding hydrogens is 582 g/mol. The van der Waals surface area contributed by atoms with Gasteiger partial charge in [0.05, 0.1) is 111 Å². The molecule has 0 atom stereocenters. The number of nitrogens with one attached hydrogen (secondary N) is 1. The van der Waals surface area contributed by atoms with E-state index in [0.717, 1.165) is 0 Å². The first-order valence-corrected chi connectivity index (χ1v) is 14.9. The van der Waals surface area contributed by atoms with Gasteiger partial charge in [-0.25, -0.2) is 4.79 Å². The molecule has 0 heterocycles. The Balaban J connectivity index is 1.66. The van der Waals surface area contributed by atoms with Crippen LogP contribution in [0.25, 0.3) is 0 Å². The first-order valence-electron chi connectivity index (χ1n) is 14.9. The normalized spacial score (nSPS) is 11.0. The van der Waals surface area contributed by atoms with Gasteiger partial charge in [0.2, 0.25) is 5.91 Å². The van der Waals surface area contributed by atoms with E-state index in [0.29, 0.717) is 124 Å². The second kappa shape index (κ2) is 30.3. The number of aliphatic carboxylic acids is 1. The van der Waals surface area contributed by atoms with Crippen LogP contribution in [-0.4, -0.2) is 142 Å². The standard InChI is InChI=1S/C30H49NO13/c32-28(7-8-29(33)34)31-9-4-10-36-11-12-37-13-14-38-15-16-39-17-18-40-19-20-41-21-22-42-23-24-43-25-26-44-30(35)27-5-2-1-3-6-27/h1-3,5-6H,4,7-26H2,(H,31,32)(H,33,34). The van der Waals surface area contributed by atoms with Crippen molar-refractivity contribution in [3.05, 3.63) is 35.9 Å². The highest BCUT2D eigenvalue weighted by molar-refractivity contribution is 5.89. The highest BCUT2D eigenvalue weighted by atomic mass is 16.6. The molecule has 1 aromatic carbocycles. The maximum Gasteiger partial charge on any atom is 0.338 e. The summed E-state index contributed by atoms with van der Waals surface area (Å²) in [6.07, 6.45) is 0.469. The monoisotopic (exact) mass is 631 g/mol. The van der Waals surface area contributed by atoms with Gasteiger partial charge in [0.15, 0.2) is 0 Å². The molecule has 1 amide bonds. The zero-order valence-corrected chi connectivity index (χ0v) is 25.6. The van der Waals surface area contributed by atoms with Gasteiger partial charge < -0.3 is 53.1 Å². The van der Waals surface area contributed by atoms with Crippen LogP contribution in [-0.2, 0) is 52.2 Å². The average Bonchev–Trinajstić information content (AvgIpc) is 3.03. The van der Waals surface area contributed by atoms with Gasteiger partial charge in [0.1, 0.15) is 6.61 Å². The molecule has 252 valence electrons. The summed E-state index contributed by atoms with van der Waals surface area (Å²) in [5, 5.41) is 11.2. The predicted octanol–water partition coefficient (Wildman–Crippen LogP) is 1.35. The summed E-state index contributed by atoms with van der Waals surface area (Å²) < 4.78 is 48.5. The van der Waals surface area contributed by atoms with Gasteiger partial charge in [-0.15, -0.1) is 0 Å². The summed E-state index contributed by atoms with van der Waals surface area (Å²) in [7, 11) is 0. The molecular formula is C30H49NO13. The number of hydrogen-bond acceptors (Lipinski definition) is 12. The molecule has 0 fully saturated rings. The lowest BCUT2D eigenvalue weighted by Gasteiger charge is -2.09. The highest BCUT2D eigenvalue weighted by Crippen LogP contribution is 2.00. The molecule has 1 rings (SSSR count). The fourth-order valence-corrected chi connectivity index (χ4v) is 3.20. The molecule has 0 aliphatic rings. The number of carboxylic acid groups (broad SMARTS) is 1. The molecule has 14 nitrogen and oxygen atoms in total. The third-order valence-corrected chi connectivity index (χ3v) is 5.43. The van der Waals surface area contributed by atoms with Gasteiger partial charge in [0.25, 0.3) is 0 Å². The van der Waals surface area contributed by atoms with Gasteiger partial charge in [-0.3, -0.25) is 9.59 Å². The number of carboxylic acids is 1. The largest absolute Gasteiger partial charge is 0.481 e. The molecule has 0 spiro atoms. The Morgan fingerprint density at radius 2 is 0.909 bits per heavy atom. The van der Waals surface area contributed by atoms with Crippen molar-refractivity contribution in [1.82, 2.24) is 5.32 Å². The lowest BCUT2D eigenvalue weighted by molar-refractivity contribution is -0.138. The van der Waals surface area contributed by atoms with Crippen molar-refractivity contribution < 1.29 is 62.1 Å². The number of ether oxygens (including phenoxy) is 9. The molecule has 44 heavy (non-hydrogen) atoms. The van der Waals surface area contributed by atoms with E-state index < -0.39 is 5.97 Å². The van der Waals surface area contributed by atoms with E-state index in [-0.39, 0.29) is 31.3 Å². The third kappa shape index (κ3) is 26.9. The smallest absolute Gasteiger partial charge is 0.338 e. The number of carbonyl (C=O) groups is 3. The summed E-state index contributed by atoms with van der Waals surface area (Å²) >= 11 is 0. The zero-order chi connectivity index (χ0) is 31.8. The molecule has 0 aromatic heterocycles. The van der Waals surface area contributed by atoms with E-state index in [4.69, 9.17) is 47.7 Å². The maximum atomic E-state index is 11.8. The molecule has 1 aromatic rings. The molecule has 14 heteroatoms.